The minimum atomic E-state index is 1.16. The van der Waals surface area contributed by atoms with Crippen LogP contribution in [0.1, 0.15) is 11.1 Å². The van der Waals surface area contributed by atoms with Crippen molar-refractivity contribution < 1.29 is 0 Å². The van der Waals surface area contributed by atoms with Gasteiger partial charge in [-0.05, 0) is 81.6 Å². The van der Waals surface area contributed by atoms with Crippen molar-refractivity contribution in [3.8, 4) is 55.6 Å². The Morgan fingerprint density at radius 2 is 0.654 bits per heavy atom. The first-order valence-corrected chi connectivity index (χ1v) is 18.0. The van der Waals surface area contributed by atoms with Crippen LogP contribution in [0.5, 0.6) is 0 Å². The van der Waals surface area contributed by atoms with Crippen LogP contribution in [0.2, 0.25) is 0 Å². The number of nitrogens with one attached hydrogen (secondary N) is 2. The van der Waals surface area contributed by atoms with Crippen LogP contribution in [0.15, 0.2) is 170 Å². The Morgan fingerprint density at radius 3 is 1.08 bits per heavy atom. The van der Waals surface area contributed by atoms with E-state index in [1.165, 1.54) is 99.3 Å². The van der Waals surface area contributed by atoms with E-state index >= 15 is 0 Å². The number of hydrogen-bond acceptors (Lipinski definition) is 0. The van der Waals surface area contributed by atoms with Gasteiger partial charge in [0.05, 0.1) is 11.0 Å². The van der Waals surface area contributed by atoms with Gasteiger partial charge in [0, 0.05) is 43.7 Å². The fourth-order valence-electron chi connectivity index (χ4n) is 8.29. The Labute approximate surface area is 303 Å². The Bertz CT molecular complexity index is 2750. The molecule has 2 N–H and O–H groups in total. The Kier molecular flexibility index (Phi) is 6.97. The highest BCUT2D eigenvalue weighted by atomic mass is 14.7. The molecule has 8 aromatic carbocycles. The van der Waals surface area contributed by atoms with Crippen molar-refractivity contribution in [2.75, 3.05) is 0 Å². The predicted molar refractivity (Wildman–Crippen MR) is 222 cm³/mol. The average molecular weight is 665 g/mol. The summed E-state index contributed by atoms with van der Waals surface area (Å²) in [4.78, 5) is 7.56. The Morgan fingerprint density at radius 1 is 0.288 bits per heavy atom. The number of H-pyrrole nitrogens is 2. The first-order valence-electron chi connectivity index (χ1n) is 18.0. The highest BCUT2D eigenvalue weighted by molar-refractivity contribution is 6.16. The van der Waals surface area contributed by atoms with E-state index in [4.69, 9.17) is 0 Å². The lowest BCUT2D eigenvalue weighted by atomic mass is 9.89. The molecule has 2 aromatic heterocycles. The molecule has 0 fully saturated rings. The van der Waals surface area contributed by atoms with Gasteiger partial charge in [0.15, 0.2) is 0 Å². The number of para-hydroxylation sites is 2. The molecule has 0 spiro atoms. The molecular weight excluding hydrogens is 629 g/mol. The lowest BCUT2D eigenvalue weighted by Gasteiger charge is -2.15. The molecule has 52 heavy (non-hydrogen) atoms. The van der Waals surface area contributed by atoms with Gasteiger partial charge in [-0.3, -0.25) is 0 Å². The van der Waals surface area contributed by atoms with Crippen LogP contribution in [-0.4, -0.2) is 9.97 Å². The quantitative estimate of drug-likeness (QED) is 0.184. The smallest absolute Gasteiger partial charge is 0.0550 e. The molecule has 0 atom stereocenters. The number of benzene rings is 8. The molecule has 10 aromatic rings. The minimum absolute atomic E-state index is 1.16. The van der Waals surface area contributed by atoms with Crippen LogP contribution in [-0.2, 0) is 0 Å². The molecule has 0 unspecified atom stereocenters. The summed E-state index contributed by atoms with van der Waals surface area (Å²) < 4.78 is 0. The zero-order chi connectivity index (χ0) is 34.8. The van der Waals surface area contributed by atoms with Crippen molar-refractivity contribution >= 4 is 43.6 Å². The Balaban J connectivity index is 1.08. The van der Waals surface area contributed by atoms with E-state index in [2.05, 4.69) is 194 Å². The summed E-state index contributed by atoms with van der Waals surface area (Å²) in [5, 5.41) is 5.00. The number of aryl methyl sites for hydroxylation is 2. The number of fused-ring (bicyclic) bond motifs is 6. The molecule has 2 nitrogen and oxygen atoms in total. The first-order chi connectivity index (χ1) is 25.6. The minimum Gasteiger partial charge on any atom is -0.354 e. The molecule has 0 aliphatic rings. The normalized spacial score (nSPS) is 11.7. The topological polar surface area (TPSA) is 31.6 Å². The average Bonchev–Trinajstić information content (AvgIpc) is 3.76. The summed E-state index contributed by atoms with van der Waals surface area (Å²) >= 11 is 0. The van der Waals surface area contributed by atoms with E-state index in [0.717, 1.165) is 11.0 Å². The van der Waals surface area contributed by atoms with Gasteiger partial charge in [0.25, 0.3) is 0 Å². The lowest BCUT2D eigenvalue weighted by molar-refractivity contribution is 1.45. The van der Waals surface area contributed by atoms with Crippen LogP contribution in [0.4, 0.5) is 0 Å². The standard InChI is InChI=1S/C50H36N2/c1-31-11-3-5-13-37(31)41-27-29-43-39-15-7-9-17-45(39)51-49(43)47(41)35-23-19-33(20-24-35)34-21-25-36(26-22-34)48-42(38-14-6-4-12-32(38)2)28-30-44-40-16-8-10-18-46(40)52-50(44)48/h3-30,51-52H,1-2H3. The van der Waals surface area contributed by atoms with E-state index in [1.54, 1.807) is 0 Å². The SMILES string of the molecule is Cc1ccccc1-c1ccc2c([nH]c3ccccc32)c1-c1ccc(-c2ccc(-c3c(-c4ccccc4C)ccc4c3[nH]c3ccccc34)cc2)cc1. The lowest BCUT2D eigenvalue weighted by Crippen LogP contribution is -1.91. The van der Waals surface area contributed by atoms with Crippen molar-refractivity contribution in [1.29, 1.82) is 0 Å². The van der Waals surface area contributed by atoms with Crippen LogP contribution in [0.3, 0.4) is 0 Å². The van der Waals surface area contributed by atoms with Gasteiger partial charge >= 0.3 is 0 Å². The van der Waals surface area contributed by atoms with Gasteiger partial charge < -0.3 is 9.97 Å². The van der Waals surface area contributed by atoms with Crippen LogP contribution < -0.4 is 0 Å². The van der Waals surface area contributed by atoms with E-state index in [-0.39, 0.29) is 0 Å². The molecule has 0 bridgehead atoms. The van der Waals surface area contributed by atoms with Gasteiger partial charge in [-0.15, -0.1) is 0 Å². The summed E-state index contributed by atoms with van der Waals surface area (Å²) in [6.07, 6.45) is 0. The number of aromatic nitrogens is 2. The van der Waals surface area contributed by atoms with E-state index in [0.29, 0.717) is 0 Å². The summed E-state index contributed by atoms with van der Waals surface area (Å²) in [6.45, 7) is 4.40. The second-order valence-electron chi connectivity index (χ2n) is 13.9. The fraction of sp³-hybridized carbons (Fsp3) is 0.0400. The van der Waals surface area contributed by atoms with Gasteiger partial charge in [0.1, 0.15) is 0 Å². The molecule has 2 heterocycles. The summed E-state index contributed by atoms with van der Waals surface area (Å²) in [6, 6.07) is 61.9. The van der Waals surface area contributed by atoms with Crippen molar-refractivity contribution in [2.24, 2.45) is 0 Å². The first kappa shape index (κ1) is 30.2. The monoisotopic (exact) mass is 664 g/mol. The molecule has 10 rings (SSSR count). The maximum absolute atomic E-state index is 3.78. The molecule has 246 valence electrons. The molecule has 0 saturated heterocycles. The third-order valence-corrected chi connectivity index (χ3v) is 10.9. The highest BCUT2D eigenvalue weighted by Crippen LogP contribution is 2.44. The summed E-state index contributed by atoms with van der Waals surface area (Å²) in [7, 11) is 0. The second kappa shape index (κ2) is 12.0. The van der Waals surface area contributed by atoms with Gasteiger partial charge in [-0.1, -0.05) is 158 Å². The maximum Gasteiger partial charge on any atom is 0.0550 e. The third-order valence-electron chi connectivity index (χ3n) is 10.9. The van der Waals surface area contributed by atoms with Gasteiger partial charge in [-0.25, -0.2) is 0 Å². The Hall–Kier alpha value is -6.64. The fourth-order valence-corrected chi connectivity index (χ4v) is 8.29. The van der Waals surface area contributed by atoms with Crippen molar-refractivity contribution in [3.05, 3.63) is 181 Å². The largest absolute Gasteiger partial charge is 0.354 e. The molecule has 0 amide bonds. The maximum atomic E-state index is 3.78. The van der Waals surface area contributed by atoms with Crippen molar-refractivity contribution in [1.82, 2.24) is 9.97 Å². The number of aromatic amines is 2. The van der Waals surface area contributed by atoms with E-state index in [1.807, 2.05) is 0 Å². The summed E-state index contributed by atoms with van der Waals surface area (Å²) in [5.74, 6) is 0. The molecule has 0 aliphatic carbocycles. The van der Waals surface area contributed by atoms with Crippen LogP contribution >= 0.6 is 0 Å². The van der Waals surface area contributed by atoms with Crippen LogP contribution in [0.25, 0.3) is 99.2 Å². The molecule has 2 heteroatoms. The zero-order valence-corrected chi connectivity index (χ0v) is 29.2. The van der Waals surface area contributed by atoms with Crippen LogP contribution in [0, 0.1) is 13.8 Å². The molecule has 0 aliphatic heterocycles. The highest BCUT2D eigenvalue weighted by Gasteiger charge is 2.19. The van der Waals surface area contributed by atoms with Gasteiger partial charge in [0.2, 0.25) is 0 Å². The van der Waals surface area contributed by atoms with Gasteiger partial charge in [-0.2, -0.15) is 0 Å². The van der Waals surface area contributed by atoms with Crippen molar-refractivity contribution in [3.63, 3.8) is 0 Å². The predicted octanol–water partition coefficient (Wildman–Crippen LogP) is 13.9. The number of hydrogen-bond donors (Lipinski definition) is 2. The van der Waals surface area contributed by atoms with E-state index < -0.39 is 0 Å². The molecule has 0 saturated carbocycles. The van der Waals surface area contributed by atoms with Crippen molar-refractivity contribution in [2.45, 2.75) is 13.8 Å². The third kappa shape index (κ3) is 4.80. The zero-order valence-electron chi connectivity index (χ0n) is 29.2. The van der Waals surface area contributed by atoms with E-state index in [9.17, 15) is 0 Å². The molecule has 0 radical (unpaired) electrons. The second-order valence-corrected chi connectivity index (χ2v) is 13.9. The molecular formula is C50H36N2. The number of rotatable bonds is 5. The summed E-state index contributed by atoms with van der Waals surface area (Å²) in [5.41, 5.74) is 19.5.